The van der Waals surface area contributed by atoms with Crippen LogP contribution in [0.1, 0.15) is 58.1 Å². The van der Waals surface area contributed by atoms with Crippen LogP contribution in [0.3, 0.4) is 0 Å². The Morgan fingerprint density at radius 3 is 2.62 bits per heavy atom. The van der Waals surface area contributed by atoms with Gasteiger partial charge in [-0.3, -0.25) is 4.68 Å². The molecule has 184 valence electrons. The number of hydrogen-bond donors (Lipinski definition) is 2. The summed E-state index contributed by atoms with van der Waals surface area (Å²) >= 11 is 6.26. The summed E-state index contributed by atoms with van der Waals surface area (Å²) in [5.41, 5.74) is 0.615. The molecule has 8 nitrogen and oxygen atoms in total. The molecule has 34 heavy (non-hydrogen) atoms. The zero-order valence-electron chi connectivity index (χ0n) is 19.6. The van der Waals surface area contributed by atoms with E-state index in [0.717, 1.165) is 25.7 Å². The van der Waals surface area contributed by atoms with Gasteiger partial charge in [0.05, 0.1) is 36.5 Å². The highest BCUT2D eigenvalue weighted by Crippen LogP contribution is 2.38. The van der Waals surface area contributed by atoms with E-state index in [1.54, 1.807) is 24.7 Å². The molecule has 4 rings (SSSR count). The van der Waals surface area contributed by atoms with Crippen molar-refractivity contribution in [3.05, 3.63) is 23.1 Å². The van der Waals surface area contributed by atoms with Crippen molar-refractivity contribution in [2.24, 2.45) is 5.92 Å². The number of nitriles is 1. The topological polar surface area (TPSA) is 101 Å². The summed E-state index contributed by atoms with van der Waals surface area (Å²) in [6, 6.07) is 2.46. The maximum atomic E-state index is 13.0. The van der Waals surface area contributed by atoms with E-state index in [1.165, 1.54) is 6.20 Å². The molecule has 0 aromatic carbocycles. The van der Waals surface area contributed by atoms with Gasteiger partial charge in [0.2, 0.25) is 11.8 Å². The van der Waals surface area contributed by atoms with Gasteiger partial charge in [-0.15, -0.1) is 0 Å². The van der Waals surface area contributed by atoms with E-state index in [1.807, 2.05) is 6.92 Å². The minimum absolute atomic E-state index is 0.0466. The molecule has 0 bridgehead atoms. The van der Waals surface area contributed by atoms with Crippen LogP contribution >= 0.6 is 11.6 Å². The number of anilines is 2. The predicted molar refractivity (Wildman–Crippen MR) is 125 cm³/mol. The first-order valence-corrected chi connectivity index (χ1v) is 12.0. The number of aryl methyl sites for hydroxylation is 1. The van der Waals surface area contributed by atoms with Crippen molar-refractivity contribution in [3.8, 4) is 11.9 Å². The summed E-state index contributed by atoms with van der Waals surface area (Å²) in [6.45, 7) is 5.88. The average Bonchev–Trinajstić information content (AvgIpc) is 3.15. The Kier molecular flexibility index (Phi) is 6.97. The lowest BCUT2D eigenvalue weighted by molar-refractivity contribution is -0.0956. The molecule has 0 spiro atoms. The fraction of sp³-hybridized carbons (Fsp3) is 0.652. The van der Waals surface area contributed by atoms with Gasteiger partial charge < -0.3 is 15.4 Å². The van der Waals surface area contributed by atoms with E-state index >= 15 is 0 Å². The normalized spacial score (nSPS) is 22.6. The van der Waals surface area contributed by atoms with Crippen molar-refractivity contribution >= 4 is 23.2 Å². The molecule has 2 aliphatic carbocycles. The molecule has 0 aliphatic heterocycles. The van der Waals surface area contributed by atoms with Crippen LogP contribution in [0.15, 0.2) is 12.4 Å². The zero-order valence-corrected chi connectivity index (χ0v) is 20.4. The van der Waals surface area contributed by atoms with Crippen molar-refractivity contribution in [3.63, 3.8) is 0 Å². The Balaban J connectivity index is 1.29. The van der Waals surface area contributed by atoms with Crippen LogP contribution in [-0.2, 0) is 5.54 Å². The molecule has 2 fully saturated rings. The smallest absolute Gasteiger partial charge is 0.251 e. The molecule has 2 aromatic rings. The SMILES string of the molecule is Cc1nn(C(C)(C)C#N)cc1Nc1ncc(Cl)c(OCC2CCC(NC3CC(F)(F)C3)CC2)n1. The second kappa shape index (κ2) is 9.62. The van der Waals surface area contributed by atoms with E-state index in [4.69, 9.17) is 16.3 Å². The van der Waals surface area contributed by atoms with Gasteiger partial charge in [-0.1, -0.05) is 11.6 Å². The lowest BCUT2D eigenvalue weighted by Crippen LogP contribution is -2.52. The molecule has 2 saturated carbocycles. The Hall–Kier alpha value is -2.51. The Morgan fingerprint density at radius 2 is 1.97 bits per heavy atom. The lowest BCUT2D eigenvalue weighted by Gasteiger charge is -2.39. The van der Waals surface area contributed by atoms with Gasteiger partial charge in [0.1, 0.15) is 10.6 Å². The number of rotatable bonds is 8. The highest BCUT2D eigenvalue weighted by atomic mass is 35.5. The first kappa shape index (κ1) is 24.6. The maximum absolute atomic E-state index is 13.0. The van der Waals surface area contributed by atoms with E-state index in [9.17, 15) is 14.0 Å². The van der Waals surface area contributed by atoms with Gasteiger partial charge in [-0.25, -0.2) is 13.8 Å². The van der Waals surface area contributed by atoms with Crippen LogP contribution in [-0.4, -0.2) is 44.4 Å². The number of nitrogens with zero attached hydrogens (tertiary/aromatic N) is 5. The third kappa shape index (κ3) is 5.76. The van der Waals surface area contributed by atoms with Crippen LogP contribution in [0, 0.1) is 24.2 Å². The largest absolute Gasteiger partial charge is 0.476 e. The summed E-state index contributed by atoms with van der Waals surface area (Å²) in [5.74, 6) is -1.50. The molecule has 11 heteroatoms. The van der Waals surface area contributed by atoms with Gasteiger partial charge in [-0.05, 0) is 52.4 Å². The van der Waals surface area contributed by atoms with Gasteiger partial charge in [0.25, 0.3) is 5.92 Å². The molecular formula is C23H30ClF2N7O. The van der Waals surface area contributed by atoms with Crippen LogP contribution < -0.4 is 15.4 Å². The molecule has 0 radical (unpaired) electrons. The van der Waals surface area contributed by atoms with Gasteiger partial charge in [0, 0.05) is 24.9 Å². The second-order valence-electron chi connectivity index (χ2n) is 9.87. The van der Waals surface area contributed by atoms with Crippen molar-refractivity contribution in [2.75, 3.05) is 11.9 Å². The van der Waals surface area contributed by atoms with Gasteiger partial charge in [0.15, 0.2) is 0 Å². The number of aromatic nitrogens is 4. The van der Waals surface area contributed by atoms with Gasteiger partial charge in [-0.2, -0.15) is 15.3 Å². The summed E-state index contributed by atoms with van der Waals surface area (Å²) in [6.07, 6.45) is 6.95. The van der Waals surface area contributed by atoms with Crippen LogP contribution in [0.5, 0.6) is 5.88 Å². The molecule has 0 saturated heterocycles. The maximum Gasteiger partial charge on any atom is 0.251 e. The fourth-order valence-electron chi connectivity index (χ4n) is 4.36. The number of nitrogens with one attached hydrogen (secondary N) is 2. The van der Waals surface area contributed by atoms with Crippen molar-refractivity contribution < 1.29 is 13.5 Å². The standard InChI is InChI=1S/C23H30ClF2N7O/c1-14-19(11-33(32-14)22(2,3)13-27)30-21-28-10-18(24)20(31-21)34-12-15-4-6-16(7-5-15)29-17-8-23(25,26)9-17/h10-11,15-17,29H,4-9,12H2,1-3H3,(H,28,30,31). The summed E-state index contributed by atoms with van der Waals surface area (Å²) in [7, 11) is 0. The van der Waals surface area contributed by atoms with Gasteiger partial charge >= 0.3 is 0 Å². The van der Waals surface area contributed by atoms with Crippen molar-refractivity contribution in [2.45, 2.75) is 82.8 Å². The number of ether oxygens (including phenoxy) is 1. The zero-order chi connectivity index (χ0) is 24.5. The number of alkyl halides is 2. The Bertz CT molecular complexity index is 1050. The van der Waals surface area contributed by atoms with E-state index < -0.39 is 11.5 Å². The van der Waals surface area contributed by atoms with Crippen LogP contribution in [0.25, 0.3) is 0 Å². The first-order valence-electron chi connectivity index (χ1n) is 11.6. The van der Waals surface area contributed by atoms with Crippen LogP contribution in [0.4, 0.5) is 20.4 Å². The monoisotopic (exact) mass is 493 g/mol. The minimum Gasteiger partial charge on any atom is -0.476 e. The number of hydrogen-bond acceptors (Lipinski definition) is 7. The molecule has 2 N–H and O–H groups in total. The molecule has 0 unspecified atom stereocenters. The molecule has 0 atom stereocenters. The summed E-state index contributed by atoms with van der Waals surface area (Å²) < 4.78 is 33.6. The Labute approximate surface area is 203 Å². The minimum atomic E-state index is -2.49. The molecule has 2 aliphatic rings. The first-order chi connectivity index (χ1) is 16.0. The molecule has 0 amide bonds. The van der Waals surface area contributed by atoms with Crippen molar-refractivity contribution in [1.29, 1.82) is 5.26 Å². The van der Waals surface area contributed by atoms with E-state index in [0.29, 0.717) is 46.8 Å². The van der Waals surface area contributed by atoms with Crippen LogP contribution in [0.2, 0.25) is 5.02 Å². The third-order valence-corrected chi connectivity index (χ3v) is 6.83. The fourth-order valence-corrected chi connectivity index (χ4v) is 4.50. The summed E-state index contributed by atoms with van der Waals surface area (Å²) in [5, 5.41) is 20.6. The molecular weight excluding hydrogens is 464 g/mol. The lowest BCUT2D eigenvalue weighted by atomic mass is 9.83. The second-order valence-corrected chi connectivity index (χ2v) is 10.3. The Morgan fingerprint density at radius 1 is 1.26 bits per heavy atom. The highest BCUT2D eigenvalue weighted by molar-refractivity contribution is 6.31. The van der Waals surface area contributed by atoms with E-state index in [2.05, 4.69) is 31.8 Å². The number of halogens is 3. The third-order valence-electron chi connectivity index (χ3n) is 6.57. The highest BCUT2D eigenvalue weighted by Gasteiger charge is 2.45. The van der Waals surface area contributed by atoms with E-state index in [-0.39, 0.29) is 18.9 Å². The quantitative estimate of drug-likeness (QED) is 0.535. The predicted octanol–water partition coefficient (Wildman–Crippen LogP) is 4.96. The average molecular weight is 494 g/mol. The summed E-state index contributed by atoms with van der Waals surface area (Å²) in [4.78, 5) is 8.63. The van der Waals surface area contributed by atoms with Crippen molar-refractivity contribution in [1.82, 2.24) is 25.1 Å². The molecule has 2 aromatic heterocycles. The molecule has 2 heterocycles.